The molecule has 1 amide bonds. The Labute approximate surface area is 101 Å². The molecule has 0 saturated heterocycles. The van der Waals surface area contributed by atoms with Gasteiger partial charge in [-0.2, -0.15) is 0 Å². The third-order valence-electron chi connectivity index (χ3n) is 2.64. The summed E-state index contributed by atoms with van der Waals surface area (Å²) in [5.74, 6) is -0.0980. The first kappa shape index (κ1) is 11.3. The van der Waals surface area contributed by atoms with Crippen molar-refractivity contribution >= 4 is 11.6 Å². The van der Waals surface area contributed by atoms with Crippen LogP contribution in [0.3, 0.4) is 0 Å². The number of aryl methyl sites for hydroxylation is 2. The fraction of sp³-hybridized carbons (Fsp3) is 0.143. The van der Waals surface area contributed by atoms with Gasteiger partial charge in [0.2, 0.25) is 0 Å². The van der Waals surface area contributed by atoms with E-state index in [1.165, 1.54) is 0 Å². The lowest BCUT2D eigenvalue weighted by molar-refractivity contribution is 0.102. The van der Waals surface area contributed by atoms with Gasteiger partial charge < -0.3 is 5.32 Å². The molecule has 0 aliphatic heterocycles. The first-order valence-electron chi connectivity index (χ1n) is 5.47. The Hall–Kier alpha value is -2.16. The summed E-state index contributed by atoms with van der Waals surface area (Å²) in [4.78, 5) is 16.2. The van der Waals surface area contributed by atoms with E-state index in [1.807, 2.05) is 44.2 Å². The Kier molecular flexibility index (Phi) is 3.19. The van der Waals surface area contributed by atoms with E-state index in [1.54, 1.807) is 12.3 Å². The molecule has 3 heteroatoms. The molecule has 0 aliphatic rings. The second kappa shape index (κ2) is 4.78. The number of anilines is 1. The highest BCUT2D eigenvalue weighted by molar-refractivity contribution is 6.05. The summed E-state index contributed by atoms with van der Waals surface area (Å²) in [7, 11) is 0. The Morgan fingerprint density at radius 3 is 2.59 bits per heavy atom. The van der Waals surface area contributed by atoms with Crippen LogP contribution in [-0.2, 0) is 0 Å². The van der Waals surface area contributed by atoms with Crippen LogP contribution in [0.25, 0.3) is 0 Å². The summed E-state index contributed by atoms with van der Waals surface area (Å²) in [5, 5.41) is 2.87. The van der Waals surface area contributed by atoms with Crippen molar-refractivity contribution in [1.82, 2.24) is 4.98 Å². The number of aromatic nitrogens is 1. The van der Waals surface area contributed by atoms with Gasteiger partial charge in [0, 0.05) is 11.8 Å². The maximum Gasteiger partial charge on any atom is 0.255 e. The number of hydrogen-bond acceptors (Lipinski definition) is 2. The second-order valence-corrected chi connectivity index (χ2v) is 3.91. The van der Waals surface area contributed by atoms with Crippen LogP contribution >= 0.6 is 0 Å². The van der Waals surface area contributed by atoms with Crippen molar-refractivity contribution in [2.24, 2.45) is 0 Å². The van der Waals surface area contributed by atoms with Crippen molar-refractivity contribution < 1.29 is 4.79 Å². The molecule has 0 atom stereocenters. The fourth-order valence-electron chi connectivity index (χ4n) is 1.63. The number of rotatable bonds is 2. The Morgan fingerprint density at radius 2 is 1.88 bits per heavy atom. The molecule has 2 rings (SSSR count). The number of nitrogens with one attached hydrogen (secondary N) is 1. The van der Waals surface area contributed by atoms with Gasteiger partial charge in [-0.15, -0.1) is 0 Å². The Bertz CT molecular complexity index is 549. The largest absolute Gasteiger partial charge is 0.320 e. The smallest absolute Gasteiger partial charge is 0.255 e. The summed E-state index contributed by atoms with van der Waals surface area (Å²) >= 11 is 0. The fourth-order valence-corrected chi connectivity index (χ4v) is 1.63. The third kappa shape index (κ3) is 2.50. The van der Waals surface area contributed by atoms with Gasteiger partial charge in [-0.25, -0.2) is 0 Å². The number of nitrogens with zero attached hydrogens (tertiary/aromatic N) is 1. The summed E-state index contributed by atoms with van der Waals surface area (Å²) < 4.78 is 0. The lowest BCUT2D eigenvalue weighted by Gasteiger charge is -2.08. The molecule has 1 aromatic heterocycles. The number of hydrogen-bond donors (Lipinski definition) is 1. The molecular weight excluding hydrogens is 212 g/mol. The lowest BCUT2D eigenvalue weighted by Crippen LogP contribution is -2.14. The molecular formula is C14H14N2O. The van der Waals surface area contributed by atoms with Gasteiger partial charge in [-0.3, -0.25) is 9.78 Å². The standard InChI is InChI=1S/C14H14N2O/c1-10-6-3-4-7-12(10)14(17)16-13-8-5-9-15-11(13)2/h3-9H,1-2H3,(H,16,17). The molecule has 0 aliphatic carbocycles. The molecule has 0 saturated carbocycles. The van der Waals surface area contributed by atoms with Crippen LogP contribution in [0.4, 0.5) is 5.69 Å². The summed E-state index contributed by atoms with van der Waals surface area (Å²) in [5.41, 5.74) is 3.22. The quantitative estimate of drug-likeness (QED) is 0.855. The molecule has 0 bridgehead atoms. The minimum Gasteiger partial charge on any atom is -0.320 e. The van der Waals surface area contributed by atoms with Crippen LogP contribution in [-0.4, -0.2) is 10.9 Å². The molecule has 0 radical (unpaired) electrons. The summed E-state index contributed by atoms with van der Waals surface area (Å²) in [6.07, 6.45) is 1.71. The van der Waals surface area contributed by atoms with Crippen molar-refractivity contribution in [3.8, 4) is 0 Å². The molecule has 0 spiro atoms. The highest BCUT2D eigenvalue weighted by atomic mass is 16.1. The molecule has 0 fully saturated rings. The van der Waals surface area contributed by atoms with Crippen LogP contribution in [0, 0.1) is 13.8 Å². The van der Waals surface area contributed by atoms with Gasteiger partial charge in [0.1, 0.15) is 0 Å². The van der Waals surface area contributed by atoms with Crippen molar-refractivity contribution in [2.75, 3.05) is 5.32 Å². The maximum atomic E-state index is 12.0. The third-order valence-corrected chi connectivity index (χ3v) is 2.64. The molecule has 0 unspecified atom stereocenters. The van der Waals surface area contributed by atoms with E-state index in [0.717, 1.165) is 16.9 Å². The van der Waals surface area contributed by atoms with E-state index in [9.17, 15) is 4.79 Å². The zero-order valence-corrected chi connectivity index (χ0v) is 9.90. The number of pyridine rings is 1. The van der Waals surface area contributed by atoms with Crippen molar-refractivity contribution in [1.29, 1.82) is 0 Å². The van der Waals surface area contributed by atoms with Crippen LogP contribution in [0.15, 0.2) is 42.6 Å². The van der Waals surface area contributed by atoms with Gasteiger partial charge >= 0.3 is 0 Å². The Balaban J connectivity index is 2.24. The van der Waals surface area contributed by atoms with Gasteiger partial charge in [0.25, 0.3) is 5.91 Å². The first-order valence-corrected chi connectivity index (χ1v) is 5.47. The van der Waals surface area contributed by atoms with E-state index >= 15 is 0 Å². The van der Waals surface area contributed by atoms with E-state index in [-0.39, 0.29) is 5.91 Å². The van der Waals surface area contributed by atoms with Crippen molar-refractivity contribution in [2.45, 2.75) is 13.8 Å². The normalized spacial score (nSPS) is 10.0. The number of benzene rings is 1. The number of carbonyl (C=O) groups is 1. The number of carbonyl (C=O) groups excluding carboxylic acids is 1. The minimum atomic E-state index is -0.0980. The molecule has 3 nitrogen and oxygen atoms in total. The zero-order chi connectivity index (χ0) is 12.3. The Morgan fingerprint density at radius 1 is 1.12 bits per heavy atom. The van der Waals surface area contributed by atoms with E-state index in [2.05, 4.69) is 10.3 Å². The SMILES string of the molecule is Cc1ccccc1C(=O)Nc1cccnc1C. The van der Waals surface area contributed by atoms with Gasteiger partial charge in [0.15, 0.2) is 0 Å². The molecule has 1 heterocycles. The van der Waals surface area contributed by atoms with Crippen molar-refractivity contribution in [3.63, 3.8) is 0 Å². The second-order valence-electron chi connectivity index (χ2n) is 3.91. The van der Waals surface area contributed by atoms with Gasteiger partial charge in [-0.1, -0.05) is 18.2 Å². The lowest BCUT2D eigenvalue weighted by atomic mass is 10.1. The predicted molar refractivity (Wildman–Crippen MR) is 68.1 cm³/mol. The molecule has 1 aromatic carbocycles. The zero-order valence-electron chi connectivity index (χ0n) is 9.90. The van der Waals surface area contributed by atoms with Gasteiger partial charge in [-0.05, 0) is 37.6 Å². The van der Waals surface area contributed by atoms with Crippen LogP contribution in [0.2, 0.25) is 0 Å². The average Bonchev–Trinajstić information content (AvgIpc) is 2.32. The van der Waals surface area contributed by atoms with E-state index < -0.39 is 0 Å². The molecule has 1 N–H and O–H groups in total. The van der Waals surface area contributed by atoms with E-state index in [0.29, 0.717) is 5.56 Å². The van der Waals surface area contributed by atoms with Crippen molar-refractivity contribution in [3.05, 3.63) is 59.4 Å². The molecule has 2 aromatic rings. The summed E-state index contributed by atoms with van der Waals surface area (Å²) in [6.45, 7) is 3.79. The number of amides is 1. The molecule has 86 valence electrons. The summed E-state index contributed by atoms with van der Waals surface area (Å²) in [6, 6.07) is 11.2. The van der Waals surface area contributed by atoms with Gasteiger partial charge in [0.05, 0.1) is 11.4 Å². The van der Waals surface area contributed by atoms with E-state index in [4.69, 9.17) is 0 Å². The highest BCUT2D eigenvalue weighted by Crippen LogP contribution is 2.14. The maximum absolute atomic E-state index is 12.0. The highest BCUT2D eigenvalue weighted by Gasteiger charge is 2.09. The first-order chi connectivity index (χ1) is 8.18. The minimum absolute atomic E-state index is 0.0980. The van der Waals surface area contributed by atoms with Crippen LogP contribution < -0.4 is 5.32 Å². The topological polar surface area (TPSA) is 42.0 Å². The average molecular weight is 226 g/mol. The predicted octanol–water partition coefficient (Wildman–Crippen LogP) is 2.95. The van der Waals surface area contributed by atoms with Crippen LogP contribution in [0.5, 0.6) is 0 Å². The molecule has 17 heavy (non-hydrogen) atoms. The monoisotopic (exact) mass is 226 g/mol. The van der Waals surface area contributed by atoms with Crippen LogP contribution in [0.1, 0.15) is 21.6 Å².